The minimum Gasteiger partial charge on any atom is -0.354 e. The zero-order valence-corrected chi connectivity index (χ0v) is 23.5. The molecule has 13 heteroatoms. The highest BCUT2D eigenvalue weighted by atomic mass is 35.5. The maximum absolute atomic E-state index is 13.2. The van der Waals surface area contributed by atoms with Crippen LogP contribution in [0.2, 0.25) is 0 Å². The van der Waals surface area contributed by atoms with Gasteiger partial charge in [-0.25, -0.2) is 18.4 Å². The fourth-order valence-corrected chi connectivity index (χ4v) is 7.02. The van der Waals surface area contributed by atoms with Crippen LogP contribution in [0, 0.1) is 0 Å². The molecule has 2 amide bonds. The second-order valence-corrected chi connectivity index (χ2v) is 12.1. The normalized spacial score (nSPS) is 15.6. The Kier molecular flexibility index (Phi) is 7.86. The summed E-state index contributed by atoms with van der Waals surface area (Å²) in [5.41, 5.74) is 1.27. The Balaban J connectivity index is 0.00000323. The van der Waals surface area contributed by atoms with Gasteiger partial charge in [0.25, 0.3) is 11.8 Å². The van der Waals surface area contributed by atoms with E-state index in [0.717, 1.165) is 47.4 Å². The van der Waals surface area contributed by atoms with E-state index in [4.69, 9.17) is 0 Å². The summed E-state index contributed by atoms with van der Waals surface area (Å²) in [6.07, 6.45) is 3.53. The molecular formula is C27H25ClN6O4S2. The molecule has 0 aliphatic carbocycles. The topological polar surface area (TPSA) is 133 Å². The van der Waals surface area contributed by atoms with Crippen molar-refractivity contribution in [3.8, 4) is 10.6 Å². The molecule has 10 nitrogen and oxygen atoms in total. The lowest BCUT2D eigenvalue weighted by molar-refractivity contribution is 0.0949. The summed E-state index contributed by atoms with van der Waals surface area (Å²) in [7, 11) is -3.93. The first kappa shape index (κ1) is 27.7. The average Bonchev–Trinajstić information content (AvgIpc) is 3.42. The second kappa shape index (κ2) is 11.3. The quantitative estimate of drug-likeness (QED) is 0.319. The van der Waals surface area contributed by atoms with Crippen molar-refractivity contribution < 1.29 is 18.0 Å². The van der Waals surface area contributed by atoms with Crippen LogP contribution in [0.1, 0.15) is 25.6 Å². The number of rotatable bonds is 5. The van der Waals surface area contributed by atoms with Crippen molar-refractivity contribution in [1.29, 1.82) is 0 Å². The van der Waals surface area contributed by atoms with Gasteiger partial charge in [-0.2, -0.15) is 0 Å². The van der Waals surface area contributed by atoms with Gasteiger partial charge in [0.1, 0.15) is 10.8 Å². The third-order valence-corrected chi connectivity index (χ3v) is 9.53. The number of amides is 2. The molecule has 206 valence electrons. The van der Waals surface area contributed by atoms with Crippen LogP contribution in [-0.4, -0.2) is 56.4 Å². The Labute approximate surface area is 241 Å². The number of carbonyl (C=O) groups is 2. The van der Waals surface area contributed by atoms with Crippen LogP contribution in [0.25, 0.3) is 10.6 Å². The van der Waals surface area contributed by atoms with Gasteiger partial charge >= 0.3 is 0 Å². The Hall–Kier alpha value is -3.84. The smallest absolute Gasteiger partial charge is 0.257 e. The lowest BCUT2D eigenvalue weighted by Gasteiger charge is -2.28. The molecule has 0 saturated carbocycles. The summed E-state index contributed by atoms with van der Waals surface area (Å²) in [5, 5.41) is 9.61. The number of piperazine rings is 1. The lowest BCUT2D eigenvalue weighted by Crippen LogP contribution is -2.43. The molecule has 4 heterocycles. The Morgan fingerprint density at radius 3 is 2.58 bits per heavy atom. The summed E-state index contributed by atoms with van der Waals surface area (Å²) in [4.78, 5) is 37.6. The third kappa shape index (κ3) is 5.30. The number of anilines is 2. The molecule has 2 aliphatic rings. The predicted molar refractivity (Wildman–Crippen MR) is 155 cm³/mol. The van der Waals surface area contributed by atoms with Gasteiger partial charge in [-0.15, -0.1) is 23.7 Å². The Morgan fingerprint density at radius 2 is 1.80 bits per heavy atom. The molecule has 2 aliphatic heterocycles. The van der Waals surface area contributed by atoms with Crippen molar-refractivity contribution in [2.24, 2.45) is 0 Å². The molecular weight excluding hydrogens is 572 g/mol. The number of benzene rings is 2. The number of carbonyl (C=O) groups excluding carboxylic acids is 2. The highest BCUT2D eigenvalue weighted by Crippen LogP contribution is 2.34. The molecule has 0 unspecified atom stereocenters. The van der Waals surface area contributed by atoms with Crippen LogP contribution >= 0.6 is 23.7 Å². The van der Waals surface area contributed by atoms with Crippen LogP contribution in [-0.2, 0) is 16.4 Å². The molecule has 0 atom stereocenters. The largest absolute Gasteiger partial charge is 0.354 e. The highest BCUT2D eigenvalue weighted by Gasteiger charge is 2.31. The predicted octanol–water partition coefficient (Wildman–Crippen LogP) is 3.37. The number of thiazole rings is 1. The average molecular weight is 597 g/mol. The number of aromatic nitrogens is 2. The molecule has 4 aromatic rings. The molecule has 40 heavy (non-hydrogen) atoms. The van der Waals surface area contributed by atoms with Crippen LogP contribution in [0.4, 0.5) is 11.5 Å². The number of halogens is 1. The van der Waals surface area contributed by atoms with Gasteiger partial charge in [0.2, 0.25) is 9.84 Å². The Morgan fingerprint density at radius 1 is 1.00 bits per heavy atom. The summed E-state index contributed by atoms with van der Waals surface area (Å²) in [6, 6.07) is 14.2. The van der Waals surface area contributed by atoms with E-state index in [1.54, 1.807) is 18.3 Å². The zero-order chi connectivity index (χ0) is 27.0. The SMILES string of the molecule is Cl.O=C(NCc1cnc(-c2ccc(N3CCNCC3)nc2)s1)c1ccc2c(c1)NC(=O)c1ccccc1S2(=O)=O. The maximum Gasteiger partial charge on any atom is 0.257 e. The summed E-state index contributed by atoms with van der Waals surface area (Å²) >= 11 is 1.46. The standard InChI is InChI=1S/C27H24N6O4S2.ClH/c34-25(17-5-7-23-21(13-17)32-26(35)20-3-1-2-4-22(20)39(23,36)37)30-15-19-16-31-27(38-19)18-6-8-24(29-14-18)33-11-9-28-10-12-33;/h1-8,13-14,16,28H,9-12,15H2,(H,30,34)(H,32,35);1H. The number of hydrogen-bond donors (Lipinski definition) is 3. The summed E-state index contributed by atoms with van der Waals surface area (Å²) in [5.74, 6) is -0.000698. The van der Waals surface area contributed by atoms with E-state index in [1.807, 2.05) is 18.3 Å². The van der Waals surface area contributed by atoms with E-state index >= 15 is 0 Å². The molecule has 0 bridgehead atoms. The van der Waals surface area contributed by atoms with E-state index in [-0.39, 0.29) is 45.6 Å². The number of pyridine rings is 1. The van der Waals surface area contributed by atoms with Crippen molar-refractivity contribution in [1.82, 2.24) is 20.6 Å². The third-order valence-electron chi connectivity index (χ3n) is 6.61. The lowest BCUT2D eigenvalue weighted by atomic mass is 10.1. The van der Waals surface area contributed by atoms with Crippen molar-refractivity contribution in [3.63, 3.8) is 0 Å². The first-order valence-electron chi connectivity index (χ1n) is 12.3. The molecule has 1 fully saturated rings. The van der Waals surface area contributed by atoms with E-state index in [0.29, 0.717) is 0 Å². The van der Waals surface area contributed by atoms with Gasteiger partial charge in [0.05, 0.1) is 27.6 Å². The molecule has 2 aromatic carbocycles. The van der Waals surface area contributed by atoms with Gasteiger partial charge in [-0.05, 0) is 42.5 Å². The van der Waals surface area contributed by atoms with Crippen molar-refractivity contribution in [2.45, 2.75) is 16.3 Å². The first-order valence-corrected chi connectivity index (χ1v) is 14.6. The summed E-state index contributed by atoms with van der Waals surface area (Å²) in [6.45, 7) is 3.98. The highest BCUT2D eigenvalue weighted by molar-refractivity contribution is 7.91. The maximum atomic E-state index is 13.2. The van der Waals surface area contributed by atoms with Gasteiger partial charge in [0.15, 0.2) is 0 Å². The van der Waals surface area contributed by atoms with Crippen LogP contribution in [0.5, 0.6) is 0 Å². The van der Waals surface area contributed by atoms with E-state index in [1.165, 1.54) is 41.7 Å². The van der Waals surface area contributed by atoms with Crippen LogP contribution in [0.3, 0.4) is 0 Å². The van der Waals surface area contributed by atoms with Crippen LogP contribution in [0.15, 0.2) is 76.8 Å². The van der Waals surface area contributed by atoms with E-state index in [9.17, 15) is 18.0 Å². The minimum absolute atomic E-state index is 0. The fraction of sp³-hybridized carbons (Fsp3) is 0.185. The molecule has 2 aromatic heterocycles. The van der Waals surface area contributed by atoms with Gasteiger partial charge < -0.3 is 20.9 Å². The van der Waals surface area contributed by atoms with E-state index < -0.39 is 21.7 Å². The first-order chi connectivity index (χ1) is 18.9. The molecule has 6 rings (SSSR count). The summed E-state index contributed by atoms with van der Waals surface area (Å²) < 4.78 is 26.3. The molecule has 1 saturated heterocycles. The van der Waals surface area contributed by atoms with Gasteiger partial charge in [-0.1, -0.05) is 12.1 Å². The van der Waals surface area contributed by atoms with E-state index in [2.05, 4.69) is 30.8 Å². The van der Waals surface area contributed by atoms with Crippen molar-refractivity contribution >= 4 is 56.9 Å². The fourth-order valence-electron chi connectivity index (χ4n) is 4.59. The van der Waals surface area contributed by atoms with Crippen molar-refractivity contribution in [2.75, 3.05) is 36.4 Å². The number of hydrogen-bond acceptors (Lipinski definition) is 9. The second-order valence-electron chi connectivity index (χ2n) is 9.12. The minimum atomic E-state index is -3.93. The molecule has 0 spiro atoms. The Bertz CT molecular complexity index is 1690. The van der Waals surface area contributed by atoms with Crippen molar-refractivity contribution in [3.05, 3.63) is 83.0 Å². The number of nitrogens with one attached hydrogen (secondary N) is 3. The molecule has 3 N–H and O–H groups in total. The zero-order valence-electron chi connectivity index (χ0n) is 21.1. The van der Waals surface area contributed by atoms with Gasteiger partial charge in [0, 0.05) is 54.6 Å². The van der Waals surface area contributed by atoms with Crippen LogP contribution < -0.4 is 20.9 Å². The number of sulfone groups is 1. The number of nitrogens with zero attached hydrogens (tertiary/aromatic N) is 3. The molecule has 0 radical (unpaired) electrons. The number of fused-ring (bicyclic) bond motifs is 2. The van der Waals surface area contributed by atoms with Gasteiger partial charge in [-0.3, -0.25) is 9.59 Å². The monoisotopic (exact) mass is 596 g/mol.